The summed E-state index contributed by atoms with van der Waals surface area (Å²) in [4.78, 5) is 0. The van der Waals surface area contributed by atoms with E-state index in [2.05, 4.69) is 12.2 Å². The highest BCUT2D eigenvalue weighted by Crippen LogP contribution is 2.49. The second-order valence-electron chi connectivity index (χ2n) is 6.32. The molecule has 0 spiro atoms. The zero-order valence-electron chi connectivity index (χ0n) is 10.6. The maximum atomic E-state index is 5.33. The first kappa shape index (κ1) is 11.0. The highest BCUT2D eigenvalue weighted by Gasteiger charge is 2.42. The van der Waals surface area contributed by atoms with E-state index in [0.717, 1.165) is 29.8 Å². The first-order valence-corrected chi connectivity index (χ1v) is 7.05. The van der Waals surface area contributed by atoms with Crippen LogP contribution in [0.2, 0.25) is 0 Å². The number of hydrogen-bond donors (Lipinski definition) is 1. The predicted molar refractivity (Wildman–Crippen MR) is 65.4 cm³/mol. The molecule has 92 valence electrons. The molecule has 3 saturated carbocycles. The third-order valence-electron chi connectivity index (χ3n) is 5.36. The summed E-state index contributed by atoms with van der Waals surface area (Å²) in [6.45, 7) is 2.41. The van der Waals surface area contributed by atoms with E-state index in [0.29, 0.717) is 6.10 Å². The molecule has 0 aromatic rings. The van der Waals surface area contributed by atoms with Crippen molar-refractivity contribution in [1.82, 2.24) is 5.32 Å². The van der Waals surface area contributed by atoms with Crippen molar-refractivity contribution in [2.24, 2.45) is 17.8 Å². The van der Waals surface area contributed by atoms with Crippen molar-refractivity contribution in [3.63, 3.8) is 0 Å². The minimum absolute atomic E-state index is 0.532. The summed E-state index contributed by atoms with van der Waals surface area (Å²) in [6.07, 6.45) is 9.03. The molecule has 0 saturated heterocycles. The zero-order chi connectivity index (χ0) is 11.1. The summed E-state index contributed by atoms with van der Waals surface area (Å²) in [5.41, 5.74) is 0. The average Bonchev–Trinajstić information content (AvgIpc) is 2.83. The largest absolute Gasteiger partial charge is 0.381 e. The first-order valence-electron chi connectivity index (χ1n) is 7.05. The zero-order valence-corrected chi connectivity index (χ0v) is 10.6. The predicted octanol–water partition coefficient (Wildman–Crippen LogP) is 2.58. The van der Waals surface area contributed by atoms with Crippen LogP contribution in [0.25, 0.3) is 0 Å². The molecule has 2 nitrogen and oxygen atoms in total. The van der Waals surface area contributed by atoms with Crippen molar-refractivity contribution >= 4 is 0 Å². The molecule has 2 bridgehead atoms. The van der Waals surface area contributed by atoms with Crippen LogP contribution in [0, 0.1) is 17.8 Å². The van der Waals surface area contributed by atoms with Crippen LogP contribution in [0.15, 0.2) is 0 Å². The lowest BCUT2D eigenvalue weighted by Gasteiger charge is -2.39. The number of nitrogens with one attached hydrogen (secondary N) is 1. The van der Waals surface area contributed by atoms with Crippen LogP contribution < -0.4 is 5.32 Å². The van der Waals surface area contributed by atoms with Crippen LogP contribution in [0.5, 0.6) is 0 Å². The van der Waals surface area contributed by atoms with Crippen molar-refractivity contribution in [3.8, 4) is 0 Å². The maximum Gasteiger partial charge on any atom is 0.0601 e. The number of fused-ring (bicyclic) bond motifs is 2. The van der Waals surface area contributed by atoms with E-state index in [1.165, 1.54) is 38.5 Å². The molecule has 3 fully saturated rings. The molecule has 4 unspecified atom stereocenters. The molecular weight excluding hydrogens is 198 g/mol. The molecule has 4 atom stereocenters. The Bertz CT molecular complexity index is 249. The smallest absolute Gasteiger partial charge is 0.0601 e. The first-order chi connectivity index (χ1) is 7.76. The van der Waals surface area contributed by atoms with E-state index >= 15 is 0 Å². The molecule has 3 aliphatic rings. The minimum atomic E-state index is 0.532. The lowest BCUT2D eigenvalue weighted by molar-refractivity contribution is 0.0113. The van der Waals surface area contributed by atoms with Crippen LogP contribution in [-0.4, -0.2) is 25.3 Å². The number of hydrogen-bond acceptors (Lipinski definition) is 2. The van der Waals surface area contributed by atoms with Gasteiger partial charge in [-0.15, -0.1) is 0 Å². The highest BCUT2D eigenvalue weighted by atomic mass is 16.5. The van der Waals surface area contributed by atoms with E-state index < -0.39 is 0 Å². The normalized spacial score (nSPS) is 48.0. The quantitative estimate of drug-likeness (QED) is 0.791. The van der Waals surface area contributed by atoms with Gasteiger partial charge in [0, 0.05) is 19.2 Å². The Morgan fingerprint density at radius 3 is 2.50 bits per heavy atom. The Labute approximate surface area is 99.1 Å². The van der Waals surface area contributed by atoms with Gasteiger partial charge in [0.15, 0.2) is 0 Å². The Balaban J connectivity index is 1.46. The fourth-order valence-corrected chi connectivity index (χ4v) is 4.30. The maximum absolute atomic E-state index is 5.33. The van der Waals surface area contributed by atoms with Gasteiger partial charge in [-0.25, -0.2) is 0 Å². The van der Waals surface area contributed by atoms with Crippen LogP contribution in [0.1, 0.15) is 45.4 Å². The average molecular weight is 223 g/mol. The van der Waals surface area contributed by atoms with Gasteiger partial charge < -0.3 is 10.1 Å². The molecule has 0 aromatic carbocycles. The molecule has 0 aliphatic heterocycles. The Kier molecular flexibility index (Phi) is 2.97. The van der Waals surface area contributed by atoms with Gasteiger partial charge in [-0.3, -0.25) is 0 Å². The van der Waals surface area contributed by atoms with Gasteiger partial charge in [-0.2, -0.15) is 0 Å². The summed E-state index contributed by atoms with van der Waals surface area (Å²) in [5, 5.41) is 3.83. The number of rotatable bonds is 4. The van der Waals surface area contributed by atoms with Gasteiger partial charge in [-0.05, 0) is 56.8 Å². The van der Waals surface area contributed by atoms with Gasteiger partial charge >= 0.3 is 0 Å². The van der Waals surface area contributed by atoms with Crippen molar-refractivity contribution in [2.75, 3.05) is 7.11 Å². The van der Waals surface area contributed by atoms with Crippen LogP contribution in [0.3, 0.4) is 0 Å². The van der Waals surface area contributed by atoms with Crippen molar-refractivity contribution < 1.29 is 4.74 Å². The Hall–Kier alpha value is -0.0800. The second kappa shape index (κ2) is 4.30. The van der Waals surface area contributed by atoms with E-state index in [9.17, 15) is 0 Å². The lowest BCUT2D eigenvalue weighted by Crippen LogP contribution is -2.50. The summed E-state index contributed by atoms with van der Waals surface area (Å²) in [7, 11) is 1.83. The van der Waals surface area contributed by atoms with Crippen molar-refractivity contribution in [2.45, 2.75) is 63.6 Å². The summed E-state index contributed by atoms with van der Waals surface area (Å²) < 4.78 is 5.33. The van der Waals surface area contributed by atoms with Crippen molar-refractivity contribution in [3.05, 3.63) is 0 Å². The Morgan fingerprint density at radius 1 is 1.12 bits per heavy atom. The molecular formula is C14H25NO. The standard InChI is InChI=1S/C14H25NO/c1-9(15-12-7-13(8-12)16-2)14-6-10-3-4-11(14)5-10/h9-15H,3-8H2,1-2H3. The van der Waals surface area contributed by atoms with E-state index in [-0.39, 0.29) is 0 Å². The monoisotopic (exact) mass is 223 g/mol. The van der Waals surface area contributed by atoms with Gasteiger partial charge in [0.2, 0.25) is 0 Å². The molecule has 16 heavy (non-hydrogen) atoms. The van der Waals surface area contributed by atoms with Crippen LogP contribution in [-0.2, 0) is 4.74 Å². The van der Waals surface area contributed by atoms with Gasteiger partial charge in [0.05, 0.1) is 6.10 Å². The Morgan fingerprint density at radius 2 is 1.94 bits per heavy atom. The fourth-order valence-electron chi connectivity index (χ4n) is 4.30. The molecule has 0 amide bonds. The van der Waals surface area contributed by atoms with E-state index in [1.807, 2.05) is 7.11 Å². The second-order valence-corrected chi connectivity index (χ2v) is 6.32. The summed E-state index contributed by atoms with van der Waals surface area (Å²) >= 11 is 0. The molecule has 2 heteroatoms. The molecule has 0 aromatic heterocycles. The molecule has 3 aliphatic carbocycles. The van der Waals surface area contributed by atoms with Gasteiger partial charge in [0.25, 0.3) is 0 Å². The van der Waals surface area contributed by atoms with Crippen LogP contribution >= 0.6 is 0 Å². The van der Waals surface area contributed by atoms with Crippen molar-refractivity contribution in [1.29, 1.82) is 0 Å². The fraction of sp³-hybridized carbons (Fsp3) is 1.00. The molecule has 0 heterocycles. The minimum Gasteiger partial charge on any atom is -0.381 e. The molecule has 3 rings (SSSR count). The molecule has 1 N–H and O–H groups in total. The summed E-state index contributed by atoms with van der Waals surface area (Å²) in [6, 6.07) is 1.47. The summed E-state index contributed by atoms with van der Waals surface area (Å²) in [5.74, 6) is 3.10. The van der Waals surface area contributed by atoms with Gasteiger partial charge in [0.1, 0.15) is 0 Å². The molecule has 0 radical (unpaired) electrons. The third-order valence-corrected chi connectivity index (χ3v) is 5.36. The third kappa shape index (κ3) is 1.91. The van der Waals surface area contributed by atoms with Crippen LogP contribution in [0.4, 0.5) is 0 Å². The highest BCUT2D eigenvalue weighted by molar-refractivity contribution is 4.96. The number of methoxy groups -OCH3 is 1. The number of ether oxygens (including phenoxy) is 1. The SMILES string of the molecule is COC1CC(NC(C)C2CC3CCC2C3)C1. The lowest BCUT2D eigenvalue weighted by atomic mass is 9.82. The topological polar surface area (TPSA) is 21.3 Å². The van der Waals surface area contributed by atoms with E-state index in [1.54, 1.807) is 0 Å². The van der Waals surface area contributed by atoms with E-state index in [4.69, 9.17) is 4.74 Å². The van der Waals surface area contributed by atoms with Gasteiger partial charge in [-0.1, -0.05) is 6.42 Å².